The first-order chi connectivity index (χ1) is 9.51. The highest BCUT2D eigenvalue weighted by Crippen LogP contribution is 2.32. The van der Waals surface area contributed by atoms with Crippen molar-refractivity contribution in [2.75, 3.05) is 23.8 Å². The van der Waals surface area contributed by atoms with E-state index in [0.717, 1.165) is 6.42 Å². The first-order valence-corrected chi connectivity index (χ1v) is 6.86. The number of hydrogen-bond donors (Lipinski definition) is 1. The molecule has 0 aliphatic heterocycles. The molecule has 20 heavy (non-hydrogen) atoms. The molecule has 0 saturated carbocycles. The van der Waals surface area contributed by atoms with E-state index in [0.29, 0.717) is 30.9 Å². The number of nitrogens with zero attached hydrogens (tertiary/aromatic N) is 2. The molecule has 1 aromatic carbocycles. The Morgan fingerprint density at radius 1 is 1.45 bits per heavy atom. The fourth-order valence-corrected chi connectivity index (χ4v) is 1.96. The van der Waals surface area contributed by atoms with Crippen LogP contribution in [0.1, 0.15) is 33.6 Å². The van der Waals surface area contributed by atoms with Gasteiger partial charge in [0.2, 0.25) is 0 Å². The van der Waals surface area contributed by atoms with E-state index in [1.54, 1.807) is 6.07 Å². The molecule has 0 unspecified atom stereocenters. The van der Waals surface area contributed by atoms with Crippen LogP contribution in [0.3, 0.4) is 0 Å². The minimum Gasteiger partial charge on any atom is -0.490 e. The number of nitriles is 1. The Morgan fingerprint density at radius 3 is 2.70 bits per heavy atom. The minimum absolute atomic E-state index is 0.162. The number of ether oxygens (including phenoxy) is 1. The summed E-state index contributed by atoms with van der Waals surface area (Å²) in [7, 11) is 0. The van der Waals surface area contributed by atoms with Crippen LogP contribution in [0.15, 0.2) is 12.1 Å². The topological polar surface area (TPSA) is 62.3 Å². The summed E-state index contributed by atoms with van der Waals surface area (Å²) in [5, 5.41) is 8.74. The van der Waals surface area contributed by atoms with E-state index < -0.39 is 5.82 Å². The van der Waals surface area contributed by atoms with Gasteiger partial charge in [0.15, 0.2) is 11.6 Å². The fraction of sp³-hybridized carbons (Fsp3) is 0.533. The first-order valence-electron chi connectivity index (χ1n) is 6.86. The second-order valence-corrected chi connectivity index (χ2v) is 4.89. The van der Waals surface area contributed by atoms with Gasteiger partial charge >= 0.3 is 0 Å². The maximum atomic E-state index is 13.8. The van der Waals surface area contributed by atoms with Crippen LogP contribution < -0.4 is 15.4 Å². The summed E-state index contributed by atoms with van der Waals surface area (Å²) < 4.78 is 19.2. The molecule has 0 atom stereocenters. The van der Waals surface area contributed by atoms with Crippen LogP contribution >= 0.6 is 0 Å². The average Bonchev–Trinajstić information content (AvgIpc) is 2.39. The van der Waals surface area contributed by atoms with Crippen LogP contribution in [0.4, 0.5) is 15.8 Å². The number of nitrogen functional groups attached to an aromatic ring is 1. The molecule has 4 nitrogen and oxygen atoms in total. The Balaban J connectivity index is 3.10. The number of benzene rings is 1. The Kier molecular flexibility index (Phi) is 6.10. The number of halogens is 1. The molecular weight excluding hydrogens is 257 g/mol. The Labute approximate surface area is 119 Å². The van der Waals surface area contributed by atoms with Crippen molar-refractivity contribution < 1.29 is 9.13 Å². The summed E-state index contributed by atoms with van der Waals surface area (Å²) in [6.45, 7) is 6.99. The van der Waals surface area contributed by atoms with Crippen molar-refractivity contribution in [2.45, 2.75) is 39.7 Å². The van der Waals surface area contributed by atoms with Gasteiger partial charge in [0.25, 0.3) is 0 Å². The molecule has 1 aromatic rings. The van der Waals surface area contributed by atoms with Crippen molar-refractivity contribution in [3.05, 3.63) is 17.9 Å². The summed E-state index contributed by atoms with van der Waals surface area (Å²) in [4.78, 5) is 1.98. The lowest BCUT2D eigenvalue weighted by Crippen LogP contribution is -2.32. The molecular formula is C15H22FN3O. The quantitative estimate of drug-likeness (QED) is 0.778. The van der Waals surface area contributed by atoms with E-state index in [2.05, 4.69) is 6.07 Å². The van der Waals surface area contributed by atoms with Crippen molar-refractivity contribution in [1.82, 2.24) is 0 Å². The molecule has 0 radical (unpaired) electrons. The van der Waals surface area contributed by atoms with Crippen molar-refractivity contribution in [3.63, 3.8) is 0 Å². The second-order valence-electron chi connectivity index (χ2n) is 4.89. The largest absolute Gasteiger partial charge is 0.490 e. The lowest BCUT2D eigenvalue weighted by atomic mass is 10.2. The van der Waals surface area contributed by atoms with E-state index in [1.165, 1.54) is 6.07 Å². The summed E-state index contributed by atoms with van der Waals surface area (Å²) in [6, 6.07) is 5.18. The molecule has 0 aromatic heterocycles. The predicted molar refractivity (Wildman–Crippen MR) is 79.3 cm³/mol. The van der Waals surface area contributed by atoms with Gasteiger partial charge in [-0.3, -0.25) is 0 Å². The zero-order valence-corrected chi connectivity index (χ0v) is 12.3. The van der Waals surface area contributed by atoms with Gasteiger partial charge in [0, 0.05) is 24.7 Å². The molecule has 0 fully saturated rings. The SMILES string of the molecule is CCCOc1cc(N(CCC#N)C(C)C)c(N)cc1F. The first kappa shape index (κ1) is 16.1. The molecule has 0 amide bonds. The van der Waals surface area contributed by atoms with E-state index in [4.69, 9.17) is 15.7 Å². The molecule has 0 aliphatic carbocycles. The Morgan fingerprint density at radius 2 is 2.15 bits per heavy atom. The van der Waals surface area contributed by atoms with E-state index >= 15 is 0 Å². The zero-order valence-electron chi connectivity index (χ0n) is 12.3. The van der Waals surface area contributed by atoms with Gasteiger partial charge in [-0.1, -0.05) is 6.92 Å². The van der Waals surface area contributed by atoms with Gasteiger partial charge < -0.3 is 15.4 Å². The molecule has 5 heteroatoms. The Bertz CT molecular complexity index is 483. The molecule has 0 saturated heterocycles. The third-order valence-electron chi connectivity index (χ3n) is 2.94. The van der Waals surface area contributed by atoms with E-state index in [1.807, 2.05) is 25.7 Å². The number of nitrogens with two attached hydrogens (primary N) is 1. The fourth-order valence-electron chi connectivity index (χ4n) is 1.96. The highest BCUT2D eigenvalue weighted by molar-refractivity contribution is 5.70. The van der Waals surface area contributed by atoms with Crippen molar-refractivity contribution >= 4 is 11.4 Å². The van der Waals surface area contributed by atoms with Crippen LogP contribution in [0.2, 0.25) is 0 Å². The number of rotatable bonds is 7. The molecule has 1 rings (SSSR count). The Hall–Kier alpha value is -1.96. The van der Waals surface area contributed by atoms with E-state index in [9.17, 15) is 4.39 Å². The minimum atomic E-state index is -0.455. The summed E-state index contributed by atoms with van der Waals surface area (Å²) >= 11 is 0. The third kappa shape index (κ3) is 4.02. The van der Waals surface area contributed by atoms with Crippen LogP contribution in [-0.2, 0) is 0 Å². The zero-order chi connectivity index (χ0) is 15.1. The van der Waals surface area contributed by atoms with Gasteiger partial charge in [0.1, 0.15) is 0 Å². The predicted octanol–water partition coefficient (Wildman–Crippen LogP) is 3.33. The summed E-state index contributed by atoms with van der Waals surface area (Å²) in [5.74, 6) is -0.248. The third-order valence-corrected chi connectivity index (χ3v) is 2.94. The standard InChI is InChI=1S/C15H22FN3O/c1-4-8-20-15-10-14(13(18)9-12(15)16)19(11(2)3)7-5-6-17/h9-11H,4-5,7-8,18H2,1-3H3. The maximum Gasteiger partial charge on any atom is 0.167 e. The van der Waals surface area contributed by atoms with Gasteiger partial charge in [-0.15, -0.1) is 0 Å². The second kappa shape index (κ2) is 7.59. The monoisotopic (exact) mass is 279 g/mol. The lowest BCUT2D eigenvalue weighted by Gasteiger charge is -2.29. The molecule has 110 valence electrons. The van der Waals surface area contributed by atoms with Crippen LogP contribution in [0.5, 0.6) is 5.75 Å². The van der Waals surface area contributed by atoms with Gasteiger partial charge in [0.05, 0.1) is 30.5 Å². The normalized spacial score (nSPS) is 10.4. The molecule has 2 N–H and O–H groups in total. The maximum absolute atomic E-state index is 13.8. The van der Waals surface area contributed by atoms with Crippen LogP contribution in [-0.4, -0.2) is 19.2 Å². The average molecular weight is 279 g/mol. The molecule has 0 bridgehead atoms. The van der Waals surface area contributed by atoms with Crippen LogP contribution in [0.25, 0.3) is 0 Å². The lowest BCUT2D eigenvalue weighted by molar-refractivity contribution is 0.301. The highest BCUT2D eigenvalue weighted by Gasteiger charge is 2.17. The van der Waals surface area contributed by atoms with Crippen LogP contribution in [0, 0.1) is 17.1 Å². The van der Waals surface area contributed by atoms with E-state index in [-0.39, 0.29) is 11.8 Å². The molecule has 0 spiro atoms. The van der Waals surface area contributed by atoms with Crippen molar-refractivity contribution in [2.24, 2.45) is 0 Å². The number of hydrogen-bond acceptors (Lipinski definition) is 4. The van der Waals surface area contributed by atoms with Gasteiger partial charge in [-0.05, 0) is 20.3 Å². The van der Waals surface area contributed by atoms with Gasteiger partial charge in [-0.25, -0.2) is 4.39 Å². The van der Waals surface area contributed by atoms with Crippen molar-refractivity contribution in [3.8, 4) is 11.8 Å². The summed E-state index contributed by atoms with van der Waals surface area (Å²) in [6.07, 6.45) is 1.20. The molecule has 0 aliphatic rings. The van der Waals surface area contributed by atoms with Crippen molar-refractivity contribution in [1.29, 1.82) is 5.26 Å². The van der Waals surface area contributed by atoms with Gasteiger partial charge in [-0.2, -0.15) is 5.26 Å². The molecule has 0 heterocycles. The summed E-state index contributed by atoms with van der Waals surface area (Å²) in [5.41, 5.74) is 6.98. The smallest absolute Gasteiger partial charge is 0.167 e. The highest BCUT2D eigenvalue weighted by atomic mass is 19.1. The number of anilines is 2.